The van der Waals surface area contributed by atoms with Crippen molar-refractivity contribution in [3.05, 3.63) is 88.2 Å². The summed E-state index contributed by atoms with van der Waals surface area (Å²) in [4.78, 5) is 23.0. The minimum atomic E-state index is 0.109. The van der Waals surface area contributed by atoms with Crippen LogP contribution in [0.15, 0.2) is 54.6 Å². The molecule has 5 rings (SSSR count). The summed E-state index contributed by atoms with van der Waals surface area (Å²) in [5.41, 5.74) is 6.50. The molecule has 0 saturated carbocycles. The maximum Gasteiger partial charge on any atom is 0.256 e. The van der Waals surface area contributed by atoms with Crippen molar-refractivity contribution in [2.45, 2.75) is 45.2 Å². The van der Waals surface area contributed by atoms with Gasteiger partial charge < -0.3 is 14.4 Å². The van der Waals surface area contributed by atoms with E-state index in [9.17, 15) is 4.79 Å². The lowest BCUT2D eigenvalue weighted by Crippen LogP contribution is -2.37. The number of rotatable bonds is 6. The maximum atomic E-state index is 13.7. The third-order valence-corrected chi connectivity index (χ3v) is 7.50. The molecular weight excluding hydrogens is 450 g/mol. The fourth-order valence-electron chi connectivity index (χ4n) is 5.49. The van der Waals surface area contributed by atoms with E-state index in [0.717, 1.165) is 73.9 Å². The summed E-state index contributed by atoms with van der Waals surface area (Å²) < 4.78 is 10.9. The number of hydrogen-bond donors (Lipinski definition) is 0. The standard InChI is InChI=1S/C30H35N3O3/c1-21-8-9-28(30(34)33-15-12-23-6-4-5-7-25(23)20-33)29(31-21)24-10-13-32(14-11-24)19-22-16-26(35-2)18-27(17-22)36-3/h4-9,16-18,24H,10-15,19-20H2,1-3H3. The molecule has 36 heavy (non-hydrogen) atoms. The number of carbonyl (C=O) groups is 1. The Morgan fingerprint density at radius 1 is 0.944 bits per heavy atom. The highest BCUT2D eigenvalue weighted by molar-refractivity contribution is 5.95. The third-order valence-electron chi connectivity index (χ3n) is 7.50. The molecule has 1 fully saturated rings. The molecular formula is C30H35N3O3. The van der Waals surface area contributed by atoms with E-state index < -0.39 is 0 Å². The van der Waals surface area contributed by atoms with Crippen molar-refractivity contribution in [1.29, 1.82) is 0 Å². The molecule has 188 valence electrons. The van der Waals surface area contributed by atoms with Gasteiger partial charge in [-0.1, -0.05) is 24.3 Å². The molecule has 1 aromatic heterocycles. The minimum absolute atomic E-state index is 0.109. The van der Waals surface area contributed by atoms with E-state index in [1.807, 2.05) is 30.0 Å². The maximum absolute atomic E-state index is 13.7. The Morgan fingerprint density at radius 3 is 2.33 bits per heavy atom. The molecule has 0 radical (unpaired) electrons. The van der Waals surface area contributed by atoms with Crippen LogP contribution >= 0.6 is 0 Å². The number of nitrogens with zero attached hydrogens (tertiary/aromatic N) is 3. The summed E-state index contributed by atoms with van der Waals surface area (Å²) in [6.45, 7) is 6.21. The molecule has 2 aliphatic heterocycles. The lowest BCUT2D eigenvalue weighted by Gasteiger charge is -2.34. The Balaban J connectivity index is 1.28. The van der Waals surface area contributed by atoms with Crippen molar-refractivity contribution >= 4 is 5.91 Å². The van der Waals surface area contributed by atoms with E-state index in [0.29, 0.717) is 6.54 Å². The zero-order valence-electron chi connectivity index (χ0n) is 21.5. The Morgan fingerprint density at radius 2 is 1.64 bits per heavy atom. The fourth-order valence-corrected chi connectivity index (χ4v) is 5.49. The van der Waals surface area contributed by atoms with Crippen LogP contribution in [-0.2, 0) is 19.5 Å². The summed E-state index contributed by atoms with van der Waals surface area (Å²) in [5.74, 6) is 2.02. The highest BCUT2D eigenvalue weighted by Crippen LogP contribution is 2.32. The van der Waals surface area contributed by atoms with Crippen LogP contribution in [0.2, 0.25) is 0 Å². The van der Waals surface area contributed by atoms with Gasteiger partial charge in [0.05, 0.1) is 25.5 Å². The average Bonchev–Trinajstić information content (AvgIpc) is 2.92. The zero-order chi connectivity index (χ0) is 25.1. The third kappa shape index (κ3) is 5.24. The fraction of sp³-hybridized carbons (Fsp3) is 0.400. The second-order valence-electron chi connectivity index (χ2n) is 9.90. The summed E-state index contributed by atoms with van der Waals surface area (Å²) in [6, 6.07) is 18.5. The van der Waals surface area contributed by atoms with Gasteiger partial charge in [0, 0.05) is 37.3 Å². The first-order valence-electron chi connectivity index (χ1n) is 12.8. The van der Waals surface area contributed by atoms with E-state index >= 15 is 0 Å². The molecule has 2 aromatic carbocycles. The van der Waals surface area contributed by atoms with E-state index in [4.69, 9.17) is 14.5 Å². The van der Waals surface area contributed by atoms with Gasteiger partial charge in [0.1, 0.15) is 11.5 Å². The van der Waals surface area contributed by atoms with Crippen LogP contribution < -0.4 is 9.47 Å². The van der Waals surface area contributed by atoms with E-state index in [1.165, 1.54) is 16.7 Å². The van der Waals surface area contributed by atoms with Crippen molar-refractivity contribution in [1.82, 2.24) is 14.8 Å². The molecule has 1 amide bonds. The molecule has 0 atom stereocenters. The number of carbonyl (C=O) groups excluding carboxylic acids is 1. The van der Waals surface area contributed by atoms with Gasteiger partial charge in [-0.05, 0) is 80.2 Å². The minimum Gasteiger partial charge on any atom is -0.497 e. The molecule has 6 heteroatoms. The second-order valence-corrected chi connectivity index (χ2v) is 9.90. The topological polar surface area (TPSA) is 54.9 Å². The quantitative estimate of drug-likeness (QED) is 0.493. The molecule has 0 aliphatic carbocycles. The lowest BCUT2D eigenvalue weighted by molar-refractivity contribution is 0.0731. The first-order chi connectivity index (χ1) is 17.5. The summed E-state index contributed by atoms with van der Waals surface area (Å²) >= 11 is 0. The van der Waals surface area contributed by atoms with Crippen LogP contribution in [-0.4, -0.2) is 54.5 Å². The number of methoxy groups -OCH3 is 2. The van der Waals surface area contributed by atoms with Gasteiger partial charge in [-0.2, -0.15) is 0 Å². The molecule has 3 aromatic rings. The molecule has 3 heterocycles. The molecule has 0 spiro atoms. The van der Waals surface area contributed by atoms with E-state index in [2.05, 4.69) is 41.3 Å². The van der Waals surface area contributed by atoms with Crippen molar-refractivity contribution in [3.8, 4) is 11.5 Å². The van der Waals surface area contributed by atoms with Crippen LogP contribution in [0.3, 0.4) is 0 Å². The van der Waals surface area contributed by atoms with Crippen molar-refractivity contribution in [2.24, 2.45) is 0 Å². The Labute approximate surface area is 213 Å². The Kier molecular flexibility index (Phi) is 7.23. The van der Waals surface area contributed by atoms with E-state index in [1.54, 1.807) is 14.2 Å². The number of ether oxygens (including phenoxy) is 2. The Bertz CT molecular complexity index is 1210. The van der Waals surface area contributed by atoms with Crippen molar-refractivity contribution in [3.63, 3.8) is 0 Å². The molecule has 0 N–H and O–H groups in total. The van der Waals surface area contributed by atoms with Crippen LogP contribution in [0.4, 0.5) is 0 Å². The normalized spacial score (nSPS) is 16.5. The van der Waals surface area contributed by atoms with Crippen molar-refractivity contribution < 1.29 is 14.3 Å². The summed E-state index contributed by atoms with van der Waals surface area (Å²) in [5, 5.41) is 0. The van der Waals surface area contributed by atoms with Gasteiger partial charge >= 0.3 is 0 Å². The van der Waals surface area contributed by atoms with Gasteiger partial charge in [0.25, 0.3) is 5.91 Å². The van der Waals surface area contributed by atoms with Crippen LogP contribution in [0.5, 0.6) is 11.5 Å². The van der Waals surface area contributed by atoms with Gasteiger partial charge in [-0.3, -0.25) is 14.7 Å². The predicted molar refractivity (Wildman–Crippen MR) is 141 cm³/mol. The number of pyridine rings is 1. The average molecular weight is 486 g/mol. The monoisotopic (exact) mass is 485 g/mol. The molecule has 1 saturated heterocycles. The molecule has 2 aliphatic rings. The number of amides is 1. The van der Waals surface area contributed by atoms with Crippen molar-refractivity contribution in [2.75, 3.05) is 33.9 Å². The molecule has 0 bridgehead atoms. The Hall–Kier alpha value is -3.38. The van der Waals surface area contributed by atoms with Gasteiger partial charge in [0.2, 0.25) is 0 Å². The lowest BCUT2D eigenvalue weighted by atomic mass is 9.89. The van der Waals surface area contributed by atoms with Crippen LogP contribution in [0, 0.1) is 6.92 Å². The largest absolute Gasteiger partial charge is 0.497 e. The first-order valence-corrected chi connectivity index (χ1v) is 12.8. The van der Waals surface area contributed by atoms with Gasteiger partial charge in [0.15, 0.2) is 0 Å². The second kappa shape index (κ2) is 10.7. The van der Waals surface area contributed by atoms with Gasteiger partial charge in [-0.25, -0.2) is 0 Å². The van der Waals surface area contributed by atoms with E-state index in [-0.39, 0.29) is 11.8 Å². The number of piperidine rings is 1. The summed E-state index contributed by atoms with van der Waals surface area (Å²) in [7, 11) is 3.36. The number of aromatic nitrogens is 1. The van der Waals surface area contributed by atoms with Crippen LogP contribution in [0.25, 0.3) is 0 Å². The number of aryl methyl sites for hydroxylation is 1. The first kappa shape index (κ1) is 24.3. The number of benzene rings is 2. The zero-order valence-corrected chi connectivity index (χ0v) is 21.5. The highest BCUT2D eigenvalue weighted by atomic mass is 16.5. The smallest absolute Gasteiger partial charge is 0.256 e. The predicted octanol–water partition coefficient (Wildman–Crippen LogP) is 4.99. The molecule has 6 nitrogen and oxygen atoms in total. The number of hydrogen-bond acceptors (Lipinski definition) is 5. The SMILES string of the molecule is COc1cc(CN2CCC(c3nc(C)ccc3C(=O)N3CCc4ccccc4C3)CC2)cc(OC)c1. The number of fused-ring (bicyclic) bond motifs is 1. The number of likely N-dealkylation sites (tertiary alicyclic amines) is 1. The van der Waals surface area contributed by atoms with Gasteiger partial charge in [-0.15, -0.1) is 0 Å². The molecule has 0 unspecified atom stereocenters. The summed E-state index contributed by atoms with van der Waals surface area (Å²) in [6.07, 6.45) is 2.88. The van der Waals surface area contributed by atoms with Crippen LogP contribution in [0.1, 0.15) is 57.2 Å². The highest BCUT2D eigenvalue weighted by Gasteiger charge is 2.29.